The minimum atomic E-state index is -1.16. The van der Waals surface area contributed by atoms with Gasteiger partial charge in [-0.25, -0.2) is 4.79 Å². The normalized spacial score (nSPS) is 21.9. The number of aliphatic carboxylic acids is 2. The second kappa shape index (κ2) is 11.1. The van der Waals surface area contributed by atoms with Crippen LogP contribution in [0, 0.1) is 16.7 Å². The number of amides is 1. The Hall–Kier alpha value is -2.77. The van der Waals surface area contributed by atoms with E-state index in [0.29, 0.717) is 46.2 Å². The number of hydrogen-bond acceptors (Lipinski definition) is 4. The van der Waals surface area contributed by atoms with Gasteiger partial charge in [0.1, 0.15) is 18.4 Å². The quantitative estimate of drug-likeness (QED) is 0.385. The minimum Gasteiger partial charge on any atom is -0.489 e. The molecule has 1 aliphatic rings. The van der Waals surface area contributed by atoms with E-state index < -0.39 is 40.6 Å². The van der Waals surface area contributed by atoms with E-state index in [4.69, 9.17) is 27.9 Å². The molecule has 1 amide bonds. The van der Waals surface area contributed by atoms with Gasteiger partial charge in [0.25, 0.3) is 0 Å². The molecule has 2 aromatic carbocycles. The Morgan fingerprint density at radius 1 is 1.06 bits per heavy atom. The molecular formula is C27H31Cl2NO6. The first kappa shape index (κ1) is 27.8. The van der Waals surface area contributed by atoms with E-state index in [0.717, 1.165) is 0 Å². The number of halogens is 2. The summed E-state index contributed by atoms with van der Waals surface area (Å²) >= 11 is 12.3. The highest BCUT2D eigenvalue weighted by Gasteiger charge is 2.55. The zero-order valence-electron chi connectivity index (χ0n) is 20.5. The van der Waals surface area contributed by atoms with E-state index in [9.17, 15) is 24.6 Å². The topological polar surface area (TPSA) is 113 Å². The van der Waals surface area contributed by atoms with Crippen molar-refractivity contribution in [1.82, 2.24) is 5.32 Å². The predicted octanol–water partition coefficient (Wildman–Crippen LogP) is 5.60. The summed E-state index contributed by atoms with van der Waals surface area (Å²) in [4.78, 5) is 37.1. The maximum atomic E-state index is 13.1. The number of nitrogens with one attached hydrogen (secondary N) is 1. The van der Waals surface area contributed by atoms with Crippen molar-refractivity contribution in [3.63, 3.8) is 0 Å². The maximum Gasteiger partial charge on any atom is 0.326 e. The molecule has 1 fully saturated rings. The molecule has 36 heavy (non-hydrogen) atoms. The fraction of sp³-hybridized carbons (Fsp3) is 0.444. The number of carbonyl (C=O) groups is 3. The SMILES string of the molecule is CC1(C)[C@@H](C(=O)N[C@@H](Cc2ccc(OCc3c(Cl)cccc3Cl)cc2)C(=O)O)CCC[C@@]1(C)C(=O)O. The molecule has 3 N–H and O–H groups in total. The lowest BCUT2D eigenvalue weighted by Gasteiger charge is -2.49. The van der Waals surface area contributed by atoms with Crippen LogP contribution in [0.2, 0.25) is 10.0 Å². The first-order valence-corrected chi connectivity index (χ1v) is 12.5. The van der Waals surface area contributed by atoms with E-state index in [-0.39, 0.29) is 13.0 Å². The molecule has 1 saturated carbocycles. The van der Waals surface area contributed by atoms with Crippen molar-refractivity contribution >= 4 is 41.0 Å². The van der Waals surface area contributed by atoms with Gasteiger partial charge in [-0.3, -0.25) is 9.59 Å². The molecule has 0 spiro atoms. The minimum absolute atomic E-state index is 0.0705. The summed E-state index contributed by atoms with van der Waals surface area (Å²) in [6.45, 7) is 5.38. The highest BCUT2D eigenvalue weighted by molar-refractivity contribution is 6.35. The molecule has 0 bridgehead atoms. The molecule has 2 aromatic rings. The van der Waals surface area contributed by atoms with E-state index in [1.54, 1.807) is 63.2 Å². The molecule has 0 aromatic heterocycles. The Kier molecular flexibility index (Phi) is 8.57. The summed E-state index contributed by atoms with van der Waals surface area (Å²) in [6, 6.07) is 10.9. The van der Waals surface area contributed by atoms with Crippen LogP contribution in [0.4, 0.5) is 0 Å². The number of rotatable bonds is 9. The van der Waals surface area contributed by atoms with Gasteiger partial charge in [-0.15, -0.1) is 0 Å². The van der Waals surface area contributed by atoms with Gasteiger partial charge in [0.15, 0.2) is 0 Å². The lowest BCUT2D eigenvalue weighted by molar-refractivity contribution is -0.166. The molecule has 0 radical (unpaired) electrons. The average molecular weight is 536 g/mol. The first-order chi connectivity index (χ1) is 16.9. The lowest BCUT2D eigenvalue weighted by atomic mass is 9.53. The molecule has 3 atom stereocenters. The molecule has 0 saturated heterocycles. The number of carboxylic acid groups (broad SMARTS) is 2. The molecule has 3 rings (SSSR count). The second-order valence-corrected chi connectivity index (χ2v) is 10.9. The highest BCUT2D eigenvalue weighted by atomic mass is 35.5. The molecule has 1 aliphatic carbocycles. The fourth-order valence-electron chi connectivity index (χ4n) is 4.82. The van der Waals surface area contributed by atoms with Crippen LogP contribution in [-0.4, -0.2) is 34.1 Å². The number of carboxylic acids is 2. The summed E-state index contributed by atoms with van der Waals surface area (Å²) in [5.74, 6) is -2.59. The Labute approximate surface area is 220 Å². The van der Waals surface area contributed by atoms with Gasteiger partial charge in [0.05, 0.1) is 5.41 Å². The van der Waals surface area contributed by atoms with Crippen molar-refractivity contribution in [2.75, 3.05) is 0 Å². The molecule has 0 unspecified atom stereocenters. The number of ether oxygens (including phenoxy) is 1. The van der Waals surface area contributed by atoms with Crippen molar-refractivity contribution in [2.45, 2.75) is 59.1 Å². The van der Waals surface area contributed by atoms with Gasteiger partial charge in [0.2, 0.25) is 5.91 Å². The second-order valence-electron chi connectivity index (χ2n) is 10.0. The number of benzene rings is 2. The third kappa shape index (κ3) is 5.79. The Morgan fingerprint density at radius 3 is 2.22 bits per heavy atom. The monoisotopic (exact) mass is 535 g/mol. The molecule has 194 valence electrons. The van der Waals surface area contributed by atoms with Crippen molar-refractivity contribution < 1.29 is 29.3 Å². The van der Waals surface area contributed by atoms with Crippen LogP contribution in [0.5, 0.6) is 5.75 Å². The summed E-state index contributed by atoms with van der Waals surface area (Å²) in [7, 11) is 0. The molecule has 0 heterocycles. The zero-order chi connectivity index (χ0) is 26.7. The first-order valence-electron chi connectivity index (χ1n) is 11.8. The number of hydrogen-bond donors (Lipinski definition) is 3. The summed E-state index contributed by atoms with van der Waals surface area (Å²) in [5, 5.41) is 23.2. The Bertz CT molecular complexity index is 1110. The van der Waals surface area contributed by atoms with Crippen LogP contribution in [0.1, 0.15) is 51.2 Å². The Balaban J connectivity index is 1.66. The lowest BCUT2D eigenvalue weighted by Crippen LogP contribution is -2.55. The maximum absolute atomic E-state index is 13.1. The van der Waals surface area contributed by atoms with Gasteiger partial charge >= 0.3 is 11.9 Å². The summed E-state index contributed by atoms with van der Waals surface area (Å²) in [6.07, 6.45) is 1.64. The molecule has 7 nitrogen and oxygen atoms in total. The van der Waals surface area contributed by atoms with Gasteiger partial charge < -0.3 is 20.3 Å². The van der Waals surface area contributed by atoms with Gasteiger partial charge in [-0.2, -0.15) is 0 Å². The van der Waals surface area contributed by atoms with E-state index in [1.165, 1.54) is 0 Å². The van der Waals surface area contributed by atoms with Crippen LogP contribution in [0.3, 0.4) is 0 Å². The van der Waals surface area contributed by atoms with Crippen LogP contribution >= 0.6 is 23.2 Å². The van der Waals surface area contributed by atoms with Crippen LogP contribution in [-0.2, 0) is 27.4 Å². The van der Waals surface area contributed by atoms with Crippen molar-refractivity contribution in [3.8, 4) is 5.75 Å². The zero-order valence-corrected chi connectivity index (χ0v) is 22.0. The van der Waals surface area contributed by atoms with E-state index in [1.807, 2.05) is 0 Å². The standard InChI is InChI=1S/C27H31Cl2NO6/c1-26(2)19(6-5-13-27(26,3)25(34)35)23(31)30-22(24(32)33)14-16-9-11-17(12-10-16)36-15-18-20(28)7-4-8-21(18)29/h4,7-12,19,22H,5-6,13-15H2,1-3H3,(H,30,31)(H,32,33)(H,34,35)/t19-,22+,27+/m1/s1. The molecule has 0 aliphatic heterocycles. The number of carbonyl (C=O) groups excluding carboxylic acids is 1. The average Bonchev–Trinajstić information content (AvgIpc) is 2.80. The largest absolute Gasteiger partial charge is 0.489 e. The smallest absolute Gasteiger partial charge is 0.326 e. The molecule has 9 heteroatoms. The van der Waals surface area contributed by atoms with Gasteiger partial charge in [-0.05, 0) is 55.0 Å². The fourth-order valence-corrected chi connectivity index (χ4v) is 5.33. The summed E-state index contributed by atoms with van der Waals surface area (Å²) < 4.78 is 5.76. The third-order valence-corrected chi connectivity index (χ3v) is 8.38. The Morgan fingerprint density at radius 2 is 1.67 bits per heavy atom. The van der Waals surface area contributed by atoms with E-state index in [2.05, 4.69) is 5.32 Å². The van der Waals surface area contributed by atoms with Crippen LogP contribution in [0.25, 0.3) is 0 Å². The third-order valence-electron chi connectivity index (χ3n) is 7.67. The van der Waals surface area contributed by atoms with Crippen molar-refractivity contribution in [2.24, 2.45) is 16.7 Å². The van der Waals surface area contributed by atoms with Crippen molar-refractivity contribution in [3.05, 3.63) is 63.6 Å². The van der Waals surface area contributed by atoms with Crippen LogP contribution < -0.4 is 10.1 Å². The van der Waals surface area contributed by atoms with Gasteiger partial charge in [0, 0.05) is 27.9 Å². The van der Waals surface area contributed by atoms with E-state index >= 15 is 0 Å². The highest BCUT2D eigenvalue weighted by Crippen LogP contribution is 2.53. The molecular weight excluding hydrogens is 505 g/mol. The van der Waals surface area contributed by atoms with Crippen molar-refractivity contribution in [1.29, 1.82) is 0 Å². The predicted molar refractivity (Wildman–Crippen MR) is 137 cm³/mol. The van der Waals surface area contributed by atoms with Crippen LogP contribution in [0.15, 0.2) is 42.5 Å². The van der Waals surface area contributed by atoms with Gasteiger partial charge in [-0.1, -0.05) is 61.7 Å². The summed E-state index contributed by atoms with van der Waals surface area (Å²) in [5.41, 5.74) is -0.545.